The highest BCUT2D eigenvalue weighted by atomic mass is 35.5. The number of nitrogens with one attached hydrogen (secondary N) is 1. The zero-order valence-corrected chi connectivity index (χ0v) is 17.0. The Labute approximate surface area is 169 Å². The molecular weight excluding hydrogens is 374 g/mol. The van der Waals surface area contributed by atoms with Crippen LogP contribution in [-0.4, -0.2) is 23.8 Å². The summed E-state index contributed by atoms with van der Waals surface area (Å²) in [5.41, 5.74) is 7.98. The lowest BCUT2D eigenvalue weighted by molar-refractivity contribution is 0.0952. The van der Waals surface area contributed by atoms with Gasteiger partial charge in [0.2, 0.25) is 0 Å². The van der Waals surface area contributed by atoms with Crippen LogP contribution in [0.3, 0.4) is 0 Å². The quantitative estimate of drug-likeness (QED) is 0.497. The SMILES string of the molecule is COc1ccccc1C(=O)N/N=C\c1cc(C)n(-c2ccc(C)c(Cl)c2)c1C. The van der Waals surface area contributed by atoms with Crippen molar-refractivity contribution in [3.8, 4) is 11.4 Å². The molecule has 0 radical (unpaired) electrons. The van der Waals surface area contributed by atoms with Gasteiger partial charge in [-0.05, 0) is 56.7 Å². The Balaban J connectivity index is 1.81. The van der Waals surface area contributed by atoms with Crippen molar-refractivity contribution in [1.29, 1.82) is 0 Å². The molecule has 0 bridgehead atoms. The number of hydrogen-bond donors (Lipinski definition) is 1. The molecule has 3 rings (SSSR count). The number of hydrazone groups is 1. The molecule has 0 fully saturated rings. The molecule has 0 aliphatic heterocycles. The minimum atomic E-state index is -0.326. The normalized spacial score (nSPS) is 11.0. The standard InChI is InChI=1S/C22H22ClN3O2/c1-14-9-10-18(12-20(14)23)26-15(2)11-17(16(26)3)13-24-25-22(27)19-7-5-6-8-21(19)28-4/h5-13H,1-4H3,(H,25,27)/b24-13-. The molecule has 0 saturated heterocycles. The zero-order chi connectivity index (χ0) is 20.3. The van der Waals surface area contributed by atoms with E-state index in [2.05, 4.69) is 15.1 Å². The molecule has 6 heteroatoms. The molecule has 0 saturated carbocycles. The van der Waals surface area contributed by atoms with Crippen LogP contribution in [-0.2, 0) is 0 Å². The van der Waals surface area contributed by atoms with Gasteiger partial charge in [-0.2, -0.15) is 5.10 Å². The van der Waals surface area contributed by atoms with Gasteiger partial charge in [-0.15, -0.1) is 0 Å². The van der Waals surface area contributed by atoms with E-state index in [1.165, 1.54) is 7.11 Å². The minimum absolute atomic E-state index is 0.326. The highest BCUT2D eigenvalue weighted by molar-refractivity contribution is 6.31. The summed E-state index contributed by atoms with van der Waals surface area (Å²) in [4.78, 5) is 12.3. The van der Waals surface area contributed by atoms with E-state index < -0.39 is 0 Å². The van der Waals surface area contributed by atoms with Crippen LogP contribution < -0.4 is 10.2 Å². The van der Waals surface area contributed by atoms with Gasteiger partial charge < -0.3 is 9.30 Å². The fourth-order valence-electron chi connectivity index (χ4n) is 3.09. The molecule has 0 atom stereocenters. The Morgan fingerprint density at radius 1 is 1.14 bits per heavy atom. The van der Waals surface area contributed by atoms with E-state index in [0.717, 1.165) is 33.2 Å². The largest absolute Gasteiger partial charge is 0.496 e. The number of aromatic nitrogens is 1. The van der Waals surface area contributed by atoms with Gasteiger partial charge in [0.1, 0.15) is 5.75 Å². The van der Waals surface area contributed by atoms with Gasteiger partial charge in [0.15, 0.2) is 0 Å². The molecule has 28 heavy (non-hydrogen) atoms. The maximum absolute atomic E-state index is 12.3. The molecule has 2 aromatic carbocycles. The van der Waals surface area contributed by atoms with Gasteiger partial charge in [-0.25, -0.2) is 5.43 Å². The maximum atomic E-state index is 12.3. The van der Waals surface area contributed by atoms with Gasteiger partial charge in [-0.1, -0.05) is 29.8 Å². The second-order valence-corrected chi connectivity index (χ2v) is 6.90. The average molecular weight is 396 g/mol. The second kappa shape index (κ2) is 8.31. The number of rotatable bonds is 5. The van der Waals surface area contributed by atoms with Crippen molar-refractivity contribution in [2.24, 2.45) is 5.10 Å². The number of para-hydroxylation sites is 1. The van der Waals surface area contributed by atoms with Crippen molar-refractivity contribution in [3.63, 3.8) is 0 Å². The van der Waals surface area contributed by atoms with Crippen LogP contribution in [0.2, 0.25) is 5.02 Å². The molecule has 3 aromatic rings. The number of carbonyl (C=O) groups is 1. The summed E-state index contributed by atoms with van der Waals surface area (Å²) in [6, 6.07) is 15.0. The molecule has 0 aliphatic rings. The molecular formula is C22H22ClN3O2. The summed E-state index contributed by atoms with van der Waals surface area (Å²) in [5.74, 6) is 0.178. The molecule has 5 nitrogen and oxygen atoms in total. The summed E-state index contributed by atoms with van der Waals surface area (Å²) in [6.07, 6.45) is 1.64. The molecule has 0 spiro atoms. The highest BCUT2D eigenvalue weighted by Gasteiger charge is 2.12. The molecule has 0 unspecified atom stereocenters. The lowest BCUT2D eigenvalue weighted by Crippen LogP contribution is -2.18. The van der Waals surface area contributed by atoms with E-state index in [0.29, 0.717) is 11.3 Å². The van der Waals surface area contributed by atoms with E-state index >= 15 is 0 Å². The Bertz CT molecular complexity index is 1050. The summed E-state index contributed by atoms with van der Waals surface area (Å²) < 4.78 is 7.32. The summed E-state index contributed by atoms with van der Waals surface area (Å²) in [6.45, 7) is 6.00. The van der Waals surface area contributed by atoms with Crippen LogP contribution in [0.4, 0.5) is 0 Å². The van der Waals surface area contributed by atoms with Crippen molar-refractivity contribution in [1.82, 2.24) is 9.99 Å². The first-order chi connectivity index (χ1) is 13.4. The van der Waals surface area contributed by atoms with Crippen LogP contribution in [0.5, 0.6) is 5.75 Å². The topological polar surface area (TPSA) is 55.6 Å². The first kappa shape index (κ1) is 19.7. The van der Waals surface area contributed by atoms with Crippen LogP contribution >= 0.6 is 11.6 Å². The summed E-state index contributed by atoms with van der Waals surface area (Å²) >= 11 is 6.28. The maximum Gasteiger partial charge on any atom is 0.275 e. The molecule has 1 amide bonds. The molecule has 1 N–H and O–H groups in total. The molecule has 144 valence electrons. The van der Waals surface area contributed by atoms with E-state index in [1.807, 2.05) is 51.1 Å². The summed E-state index contributed by atoms with van der Waals surface area (Å²) in [5, 5.41) is 4.84. The number of ether oxygens (including phenoxy) is 1. The number of methoxy groups -OCH3 is 1. The Morgan fingerprint density at radius 2 is 1.89 bits per heavy atom. The predicted molar refractivity (Wildman–Crippen MR) is 113 cm³/mol. The van der Waals surface area contributed by atoms with Gasteiger partial charge in [0, 0.05) is 27.7 Å². The average Bonchev–Trinajstić information content (AvgIpc) is 2.97. The molecule has 1 heterocycles. The third kappa shape index (κ3) is 3.94. The van der Waals surface area contributed by atoms with Crippen molar-refractivity contribution < 1.29 is 9.53 Å². The Hall–Kier alpha value is -3.05. The smallest absolute Gasteiger partial charge is 0.275 e. The number of amides is 1. The minimum Gasteiger partial charge on any atom is -0.496 e. The third-order valence-electron chi connectivity index (χ3n) is 4.61. The summed E-state index contributed by atoms with van der Waals surface area (Å²) in [7, 11) is 1.53. The van der Waals surface area contributed by atoms with Crippen LogP contribution in [0.15, 0.2) is 53.6 Å². The fourth-order valence-corrected chi connectivity index (χ4v) is 3.26. The first-order valence-corrected chi connectivity index (χ1v) is 9.22. The van der Waals surface area contributed by atoms with Crippen molar-refractivity contribution in [2.45, 2.75) is 20.8 Å². The lowest BCUT2D eigenvalue weighted by Gasteiger charge is -2.11. The monoisotopic (exact) mass is 395 g/mol. The van der Waals surface area contributed by atoms with Crippen LogP contribution in [0.1, 0.15) is 32.9 Å². The highest BCUT2D eigenvalue weighted by Crippen LogP contribution is 2.24. The molecule has 1 aromatic heterocycles. The Morgan fingerprint density at radius 3 is 2.61 bits per heavy atom. The Kier molecular flexibility index (Phi) is 5.85. The number of halogens is 1. The number of hydrogen-bond acceptors (Lipinski definition) is 3. The third-order valence-corrected chi connectivity index (χ3v) is 5.01. The van der Waals surface area contributed by atoms with Crippen molar-refractivity contribution >= 4 is 23.7 Å². The van der Waals surface area contributed by atoms with Gasteiger partial charge in [-0.3, -0.25) is 4.79 Å². The number of carbonyl (C=O) groups excluding carboxylic acids is 1. The van der Waals surface area contributed by atoms with Crippen LogP contribution in [0, 0.1) is 20.8 Å². The number of nitrogens with zero attached hydrogens (tertiary/aromatic N) is 2. The predicted octanol–water partition coefficient (Wildman–Crippen LogP) is 4.83. The van der Waals surface area contributed by atoms with E-state index in [1.54, 1.807) is 24.4 Å². The van der Waals surface area contributed by atoms with Crippen molar-refractivity contribution in [2.75, 3.05) is 7.11 Å². The van der Waals surface area contributed by atoms with Gasteiger partial charge >= 0.3 is 0 Å². The lowest BCUT2D eigenvalue weighted by atomic mass is 10.2. The van der Waals surface area contributed by atoms with E-state index in [4.69, 9.17) is 16.3 Å². The first-order valence-electron chi connectivity index (χ1n) is 8.84. The van der Waals surface area contributed by atoms with Gasteiger partial charge in [0.25, 0.3) is 5.91 Å². The van der Waals surface area contributed by atoms with E-state index in [9.17, 15) is 4.79 Å². The zero-order valence-electron chi connectivity index (χ0n) is 16.3. The van der Waals surface area contributed by atoms with Crippen LogP contribution in [0.25, 0.3) is 5.69 Å². The van der Waals surface area contributed by atoms with Crippen molar-refractivity contribution in [3.05, 3.63) is 81.6 Å². The second-order valence-electron chi connectivity index (χ2n) is 6.49. The number of benzene rings is 2. The van der Waals surface area contributed by atoms with E-state index in [-0.39, 0.29) is 5.91 Å². The van der Waals surface area contributed by atoms with Gasteiger partial charge in [0.05, 0.1) is 18.9 Å². The molecule has 0 aliphatic carbocycles. The number of aryl methyl sites for hydroxylation is 2. The fraction of sp³-hybridized carbons (Fsp3) is 0.182.